The molecule has 4 aromatic rings. The van der Waals surface area contributed by atoms with Gasteiger partial charge in [0.25, 0.3) is 5.56 Å². The van der Waals surface area contributed by atoms with E-state index in [0.29, 0.717) is 47.2 Å². The van der Waals surface area contributed by atoms with E-state index >= 15 is 0 Å². The smallest absolute Gasteiger partial charge is 0.277 e. The molecule has 0 amide bonds. The lowest BCUT2D eigenvalue weighted by Crippen LogP contribution is -2.20. The molecule has 0 saturated heterocycles. The molecule has 0 radical (unpaired) electrons. The highest BCUT2D eigenvalue weighted by Gasteiger charge is 2.25. The quantitative estimate of drug-likeness (QED) is 0.373. The number of ketones is 1. The maximum atomic E-state index is 13.0. The number of ether oxygens (including phenoxy) is 2. The monoisotopic (exact) mass is 474 g/mol. The highest BCUT2D eigenvalue weighted by Crippen LogP contribution is 2.28. The number of nitrogens with one attached hydrogen (secondary N) is 1. The van der Waals surface area contributed by atoms with E-state index in [1.807, 2.05) is 36.4 Å². The molecule has 0 spiro atoms. The molecule has 35 heavy (non-hydrogen) atoms. The van der Waals surface area contributed by atoms with Crippen LogP contribution >= 0.6 is 0 Å². The zero-order valence-corrected chi connectivity index (χ0v) is 20.5. The van der Waals surface area contributed by atoms with Gasteiger partial charge in [0.2, 0.25) is 0 Å². The average Bonchev–Trinajstić information content (AvgIpc) is 3.18. The Balaban J connectivity index is 1.65. The van der Waals surface area contributed by atoms with E-state index in [0.717, 1.165) is 18.4 Å². The van der Waals surface area contributed by atoms with E-state index in [9.17, 15) is 9.59 Å². The molecular weight excluding hydrogens is 444 g/mol. The van der Waals surface area contributed by atoms with Crippen molar-refractivity contribution in [3.05, 3.63) is 87.4 Å². The average molecular weight is 475 g/mol. The van der Waals surface area contributed by atoms with Crippen LogP contribution in [0.2, 0.25) is 0 Å². The number of carbonyl (C=O) groups is 1. The lowest BCUT2D eigenvalue weighted by atomic mass is 9.95. The van der Waals surface area contributed by atoms with Gasteiger partial charge >= 0.3 is 0 Å². The number of fused-ring (bicyclic) bond motifs is 1. The second-order valence-electron chi connectivity index (χ2n) is 8.62. The van der Waals surface area contributed by atoms with Gasteiger partial charge in [-0.05, 0) is 56.4 Å². The van der Waals surface area contributed by atoms with Gasteiger partial charge in [0.1, 0.15) is 17.4 Å². The predicted octanol–water partition coefficient (Wildman–Crippen LogP) is 4.03. The first-order valence-electron chi connectivity index (χ1n) is 11.6. The maximum Gasteiger partial charge on any atom is 0.277 e. The maximum absolute atomic E-state index is 13.0. The predicted molar refractivity (Wildman–Crippen MR) is 133 cm³/mol. The van der Waals surface area contributed by atoms with E-state index in [-0.39, 0.29) is 11.3 Å². The van der Waals surface area contributed by atoms with Crippen LogP contribution in [0.25, 0.3) is 5.52 Å². The Labute approximate surface area is 203 Å². The van der Waals surface area contributed by atoms with Gasteiger partial charge in [0.15, 0.2) is 17.0 Å². The van der Waals surface area contributed by atoms with Crippen LogP contribution in [0.3, 0.4) is 0 Å². The zero-order chi connectivity index (χ0) is 24.9. The second-order valence-corrected chi connectivity index (χ2v) is 8.62. The van der Waals surface area contributed by atoms with Crippen molar-refractivity contribution in [2.75, 3.05) is 14.2 Å². The molecule has 182 valence electrons. The number of hydrogen-bond donors (Lipinski definition) is 1. The van der Waals surface area contributed by atoms with Crippen molar-refractivity contribution in [3.63, 3.8) is 0 Å². The van der Waals surface area contributed by atoms with Crippen LogP contribution in [0, 0.1) is 6.92 Å². The minimum absolute atomic E-state index is 0.00786. The van der Waals surface area contributed by atoms with Gasteiger partial charge in [-0.15, -0.1) is 0 Å². The Morgan fingerprint density at radius 3 is 2.49 bits per heavy atom. The van der Waals surface area contributed by atoms with Crippen molar-refractivity contribution in [1.29, 1.82) is 0 Å². The van der Waals surface area contributed by atoms with E-state index in [4.69, 9.17) is 14.6 Å². The third-order valence-electron chi connectivity index (χ3n) is 6.17. The molecule has 0 aliphatic heterocycles. The van der Waals surface area contributed by atoms with Crippen molar-refractivity contribution in [2.45, 2.75) is 45.4 Å². The van der Waals surface area contributed by atoms with Gasteiger partial charge in [0.05, 0.1) is 25.8 Å². The molecule has 4 rings (SSSR count). The number of aryl methyl sites for hydroxylation is 2. The number of hydrogen-bond acceptors (Lipinski definition) is 6. The Morgan fingerprint density at radius 2 is 1.80 bits per heavy atom. The topological polar surface area (TPSA) is 98.6 Å². The fourth-order valence-corrected chi connectivity index (χ4v) is 4.40. The van der Waals surface area contributed by atoms with E-state index in [1.54, 1.807) is 32.6 Å². The Morgan fingerprint density at radius 1 is 1.06 bits per heavy atom. The number of aromatic nitrogens is 4. The summed E-state index contributed by atoms with van der Waals surface area (Å²) in [5.74, 6) is 1.78. The number of rotatable bonds is 10. The summed E-state index contributed by atoms with van der Waals surface area (Å²) in [6, 6.07) is 15.7. The number of carbonyl (C=O) groups excluding carboxylic acids is 1. The van der Waals surface area contributed by atoms with Gasteiger partial charge in [-0.1, -0.05) is 36.4 Å². The van der Waals surface area contributed by atoms with Gasteiger partial charge < -0.3 is 14.5 Å². The molecule has 0 unspecified atom stereocenters. The standard InChI is InChI=1S/C27H30N4O4/c1-17-25-27(33)29-24(16-20-13-14-22(34-3)23(15-20)35-4)30-31(25)26(28-17)21(18(2)32)12-8-11-19-9-6-5-7-10-19/h5-7,9-10,13-15,21H,8,11-12,16H2,1-4H3,(H,29,30,33)/t21-/m0/s1. The van der Waals surface area contributed by atoms with Crippen LogP contribution in [-0.4, -0.2) is 39.6 Å². The summed E-state index contributed by atoms with van der Waals surface area (Å²) in [5.41, 5.74) is 2.77. The first kappa shape index (κ1) is 24.2. The molecule has 0 fully saturated rings. The van der Waals surface area contributed by atoms with Gasteiger partial charge in [-0.3, -0.25) is 9.59 Å². The number of aromatic amines is 1. The fraction of sp³-hybridized carbons (Fsp3) is 0.333. The first-order valence-corrected chi connectivity index (χ1v) is 11.6. The Hall–Kier alpha value is -3.94. The van der Waals surface area contributed by atoms with Crippen LogP contribution in [0.1, 0.15) is 54.2 Å². The first-order chi connectivity index (χ1) is 16.9. The van der Waals surface area contributed by atoms with Crippen molar-refractivity contribution in [1.82, 2.24) is 19.6 Å². The summed E-state index contributed by atoms with van der Waals surface area (Å²) in [6.07, 6.45) is 2.69. The van der Waals surface area contributed by atoms with Crippen molar-refractivity contribution in [3.8, 4) is 11.5 Å². The molecule has 0 saturated carbocycles. The highest BCUT2D eigenvalue weighted by atomic mass is 16.5. The molecular formula is C27H30N4O4. The summed E-state index contributed by atoms with van der Waals surface area (Å²) in [6.45, 7) is 3.34. The number of methoxy groups -OCH3 is 2. The molecule has 2 aromatic carbocycles. The molecule has 0 aliphatic carbocycles. The zero-order valence-electron chi connectivity index (χ0n) is 20.5. The second kappa shape index (κ2) is 10.5. The lowest BCUT2D eigenvalue weighted by molar-refractivity contribution is -0.118. The van der Waals surface area contributed by atoms with Gasteiger partial charge in [0, 0.05) is 6.42 Å². The van der Waals surface area contributed by atoms with Crippen molar-refractivity contribution >= 4 is 11.3 Å². The minimum Gasteiger partial charge on any atom is -0.493 e. The van der Waals surface area contributed by atoms with Crippen LogP contribution in [0.4, 0.5) is 0 Å². The van der Waals surface area contributed by atoms with Gasteiger partial charge in [-0.2, -0.15) is 5.10 Å². The molecule has 1 N–H and O–H groups in total. The van der Waals surface area contributed by atoms with E-state index in [2.05, 4.69) is 22.1 Å². The SMILES string of the molecule is COc1ccc(Cc2nn3c([C@@H](CCCc4ccccc4)C(C)=O)nc(C)c3c(=O)[nH]2)cc1OC. The Bertz CT molecular complexity index is 1390. The Kier molecular flexibility index (Phi) is 7.29. The normalized spacial score (nSPS) is 12.0. The summed E-state index contributed by atoms with van der Waals surface area (Å²) < 4.78 is 12.2. The third-order valence-corrected chi connectivity index (χ3v) is 6.17. The van der Waals surface area contributed by atoms with Crippen LogP contribution in [-0.2, 0) is 17.6 Å². The largest absolute Gasteiger partial charge is 0.493 e. The molecule has 1 atom stereocenters. The van der Waals surface area contributed by atoms with Crippen molar-refractivity contribution < 1.29 is 14.3 Å². The summed E-state index contributed by atoms with van der Waals surface area (Å²) in [5, 5.41) is 4.69. The van der Waals surface area contributed by atoms with Crippen LogP contribution in [0.15, 0.2) is 53.3 Å². The molecule has 2 heterocycles. The molecule has 8 heteroatoms. The van der Waals surface area contributed by atoms with E-state index in [1.165, 1.54) is 5.56 Å². The number of nitrogens with zero attached hydrogens (tertiary/aromatic N) is 3. The fourth-order valence-electron chi connectivity index (χ4n) is 4.40. The van der Waals surface area contributed by atoms with Crippen molar-refractivity contribution in [2.24, 2.45) is 0 Å². The number of H-pyrrole nitrogens is 1. The minimum atomic E-state index is -0.442. The molecule has 0 bridgehead atoms. The van der Waals surface area contributed by atoms with Crippen LogP contribution < -0.4 is 15.0 Å². The summed E-state index contributed by atoms with van der Waals surface area (Å²) in [7, 11) is 3.16. The van der Waals surface area contributed by atoms with E-state index < -0.39 is 5.92 Å². The number of Topliss-reactive ketones (excluding diaryl/α,β-unsaturated/α-hetero) is 1. The molecule has 0 aliphatic rings. The van der Waals surface area contributed by atoms with Crippen LogP contribution in [0.5, 0.6) is 11.5 Å². The summed E-state index contributed by atoms with van der Waals surface area (Å²) >= 11 is 0. The molecule has 8 nitrogen and oxygen atoms in total. The number of imidazole rings is 1. The number of benzene rings is 2. The highest BCUT2D eigenvalue weighted by molar-refractivity contribution is 5.82. The summed E-state index contributed by atoms with van der Waals surface area (Å²) in [4.78, 5) is 33.1. The third kappa shape index (κ3) is 5.26. The molecule has 2 aromatic heterocycles. The van der Waals surface area contributed by atoms with Gasteiger partial charge in [-0.25, -0.2) is 9.50 Å². The lowest BCUT2D eigenvalue weighted by Gasteiger charge is -2.13.